The first kappa shape index (κ1) is 6.90. The predicted molar refractivity (Wildman–Crippen MR) is 37.7 cm³/mol. The van der Waals surface area contributed by atoms with E-state index >= 15 is 0 Å². The van der Waals surface area contributed by atoms with Gasteiger partial charge in [0, 0.05) is 6.20 Å². The Morgan fingerprint density at radius 2 is 2.42 bits per heavy atom. The maximum absolute atomic E-state index is 11.1. The number of aromatic nitrogens is 1. The third-order valence-corrected chi connectivity index (χ3v) is 1.56. The lowest BCUT2D eigenvalue weighted by Gasteiger charge is -2.04. The van der Waals surface area contributed by atoms with Crippen molar-refractivity contribution in [3.8, 4) is 5.75 Å². The third kappa shape index (κ3) is 0.952. The normalized spacial score (nSPS) is 15.3. The van der Waals surface area contributed by atoms with Gasteiger partial charge in [0.15, 0.2) is 0 Å². The molecule has 60 valence electrons. The average molecular weight is 165 g/mol. The molecule has 0 bridgehead atoms. The van der Waals surface area contributed by atoms with Gasteiger partial charge >= 0.3 is 6.54 Å². The number of rotatable bonds is 0. The highest BCUT2D eigenvalue weighted by molar-refractivity contribution is 5.99. The van der Waals surface area contributed by atoms with Gasteiger partial charge in [0.2, 0.25) is 16.5 Å². The van der Waals surface area contributed by atoms with Gasteiger partial charge < -0.3 is 0 Å². The van der Waals surface area contributed by atoms with Crippen LogP contribution in [0.5, 0.6) is 5.75 Å². The number of pyridine rings is 1. The van der Waals surface area contributed by atoms with Gasteiger partial charge in [0.25, 0.3) is 0 Å². The zero-order valence-corrected chi connectivity index (χ0v) is 6.06. The molecule has 0 spiro atoms. The molecule has 1 aromatic heterocycles. The van der Waals surface area contributed by atoms with E-state index < -0.39 is 0 Å². The third-order valence-electron chi connectivity index (χ3n) is 1.56. The summed E-state index contributed by atoms with van der Waals surface area (Å²) in [5.41, 5.74) is 0.414. The Hall–Kier alpha value is -1.78. The summed E-state index contributed by atoms with van der Waals surface area (Å²) in [4.78, 5) is 30.5. The predicted octanol–water partition coefficient (Wildman–Crippen LogP) is 0.351. The standard InChI is InChI=1S/C7H5N2O3/c10-6-4-9(11)12-7-3-8-2-1-5(6)7/h1-3H,4H2/q+1. The molecule has 1 aliphatic heterocycles. The van der Waals surface area contributed by atoms with Crippen LogP contribution in [0.1, 0.15) is 10.4 Å². The molecule has 0 radical (unpaired) electrons. The fraction of sp³-hybridized carbons (Fsp3) is 0.143. The van der Waals surface area contributed by atoms with E-state index in [4.69, 9.17) is 4.84 Å². The lowest BCUT2D eigenvalue weighted by atomic mass is 10.1. The largest absolute Gasteiger partial charge is 0.310 e. The van der Waals surface area contributed by atoms with Gasteiger partial charge in [-0.3, -0.25) is 9.78 Å². The zero-order valence-electron chi connectivity index (χ0n) is 6.06. The zero-order chi connectivity index (χ0) is 8.55. The number of hydrogen-bond donors (Lipinski definition) is 0. The van der Waals surface area contributed by atoms with Crippen molar-refractivity contribution in [2.24, 2.45) is 0 Å². The number of fused-ring (bicyclic) bond motifs is 1. The van der Waals surface area contributed by atoms with Gasteiger partial charge in [0.05, 0.1) is 16.7 Å². The first-order valence-corrected chi connectivity index (χ1v) is 3.37. The van der Waals surface area contributed by atoms with Gasteiger partial charge in [-0.2, -0.15) is 4.84 Å². The van der Waals surface area contributed by atoms with Crippen LogP contribution in [0.2, 0.25) is 0 Å². The lowest BCUT2D eigenvalue weighted by Crippen LogP contribution is -2.27. The van der Waals surface area contributed by atoms with Gasteiger partial charge in [-0.1, -0.05) is 0 Å². The Bertz CT molecular complexity index is 361. The second-order valence-electron chi connectivity index (χ2n) is 2.38. The van der Waals surface area contributed by atoms with Crippen molar-refractivity contribution in [3.05, 3.63) is 28.9 Å². The van der Waals surface area contributed by atoms with Crippen LogP contribution in [-0.2, 0) is 0 Å². The molecule has 5 nitrogen and oxygen atoms in total. The second-order valence-corrected chi connectivity index (χ2v) is 2.38. The molecule has 0 amide bonds. The summed E-state index contributed by atoms with van der Waals surface area (Å²) in [7, 11) is 0. The van der Waals surface area contributed by atoms with Crippen molar-refractivity contribution in [2.75, 3.05) is 6.54 Å². The summed E-state index contributed by atoms with van der Waals surface area (Å²) in [6.07, 6.45) is 2.83. The number of carbonyl (C=O) groups excluding carboxylic acids is 1. The van der Waals surface area contributed by atoms with E-state index in [-0.39, 0.29) is 23.0 Å². The van der Waals surface area contributed by atoms with Crippen LogP contribution in [0.4, 0.5) is 0 Å². The van der Waals surface area contributed by atoms with E-state index in [9.17, 15) is 9.70 Å². The minimum atomic E-state index is -0.253. The Balaban J connectivity index is 2.54. The van der Waals surface area contributed by atoms with E-state index in [1.807, 2.05) is 0 Å². The maximum atomic E-state index is 11.1. The molecule has 0 fully saturated rings. The van der Waals surface area contributed by atoms with Crippen LogP contribution in [0.3, 0.4) is 0 Å². The number of carbonyl (C=O) groups is 1. The molecule has 0 aromatic carbocycles. The number of nitrogens with zero attached hydrogens (tertiary/aromatic N) is 2. The molecular weight excluding hydrogens is 160 g/mol. The molecule has 5 heteroatoms. The molecule has 0 saturated carbocycles. The highest BCUT2D eigenvalue weighted by Crippen LogP contribution is 2.20. The first-order valence-electron chi connectivity index (χ1n) is 3.37. The van der Waals surface area contributed by atoms with Gasteiger partial charge in [-0.15, -0.1) is 0 Å². The Kier molecular flexibility index (Phi) is 1.36. The van der Waals surface area contributed by atoms with E-state index in [0.29, 0.717) is 5.56 Å². The van der Waals surface area contributed by atoms with Crippen molar-refractivity contribution < 1.29 is 14.6 Å². The van der Waals surface area contributed by atoms with Gasteiger partial charge in [-0.05, 0) is 6.07 Å². The van der Waals surface area contributed by atoms with Crippen LogP contribution in [0.15, 0.2) is 18.5 Å². The molecule has 0 atom stereocenters. The second kappa shape index (κ2) is 2.37. The van der Waals surface area contributed by atoms with E-state index in [1.165, 1.54) is 18.5 Å². The van der Waals surface area contributed by atoms with Crippen LogP contribution in [0.25, 0.3) is 0 Å². The monoisotopic (exact) mass is 165 g/mol. The van der Waals surface area contributed by atoms with Crippen LogP contribution in [-0.4, -0.2) is 22.2 Å². The summed E-state index contributed by atoms with van der Waals surface area (Å²) in [5.74, 6) is -0.0163. The molecule has 2 rings (SSSR count). The van der Waals surface area contributed by atoms with Crippen LogP contribution >= 0.6 is 0 Å². The van der Waals surface area contributed by atoms with Crippen molar-refractivity contribution in [1.29, 1.82) is 0 Å². The molecule has 12 heavy (non-hydrogen) atoms. The summed E-state index contributed by atoms with van der Waals surface area (Å²) in [6, 6.07) is 1.53. The topological polar surface area (TPSA) is 59.3 Å². The van der Waals surface area contributed by atoms with Crippen molar-refractivity contribution in [1.82, 2.24) is 4.98 Å². The molecule has 0 aliphatic carbocycles. The summed E-state index contributed by atoms with van der Waals surface area (Å²) < 4.78 is 0. The average Bonchev–Trinajstić information content (AvgIpc) is 2.04. The summed E-state index contributed by atoms with van der Waals surface area (Å²) in [6.45, 7) is -0.253. The van der Waals surface area contributed by atoms with Crippen LogP contribution in [0, 0.1) is 4.91 Å². The highest BCUT2D eigenvalue weighted by Gasteiger charge is 2.31. The van der Waals surface area contributed by atoms with Gasteiger partial charge in [-0.25, -0.2) is 0 Å². The summed E-state index contributed by atoms with van der Waals surface area (Å²) in [5, 5.41) is 0. The molecule has 1 aliphatic rings. The lowest BCUT2D eigenvalue weighted by molar-refractivity contribution is -0.754. The number of Topliss-reactive ketones (excluding diaryl/α,β-unsaturated/α-hetero) is 1. The van der Waals surface area contributed by atoms with Crippen molar-refractivity contribution in [2.45, 2.75) is 0 Å². The maximum Gasteiger partial charge on any atom is 0.310 e. The van der Waals surface area contributed by atoms with Crippen molar-refractivity contribution in [3.63, 3.8) is 0 Å². The number of hydrogen-bond acceptors (Lipinski definition) is 4. The van der Waals surface area contributed by atoms with Crippen molar-refractivity contribution >= 4 is 5.78 Å². The molecule has 0 N–H and O–H groups in total. The Labute approximate surface area is 67.5 Å². The molecular formula is C7H5N2O3+. The highest BCUT2D eigenvalue weighted by atomic mass is 16.8. The summed E-state index contributed by atoms with van der Waals surface area (Å²) >= 11 is 0. The van der Waals surface area contributed by atoms with Crippen LogP contribution < -0.4 is 4.84 Å². The molecule has 2 heterocycles. The van der Waals surface area contributed by atoms with E-state index in [1.54, 1.807) is 0 Å². The van der Waals surface area contributed by atoms with E-state index in [0.717, 1.165) is 0 Å². The molecule has 0 saturated heterocycles. The molecule has 0 unspecified atom stereocenters. The smallest absolute Gasteiger partial charge is 0.286 e. The van der Waals surface area contributed by atoms with E-state index in [2.05, 4.69) is 4.98 Å². The first-order chi connectivity index (χ1) is 5.77. The van der Waals surface area contributed by atoms with Gasteiger partial charge in [0.1, 0.15) is 0 Å². The fourth-order valence-electron chi connectivity index (χ4n) is 1.03. The number of ketones is 1. The SMILES string of the molecule is O=C1C[N+](=O)Oc2cnccc21. The minimum Gasteiger partial charge on any atom is -0.286 e. The molecule has 1 aromatic rings. The quantitative estimate of drug-likeness (QED) is 0.556. The Morgan fingerprint density at radius 3 is 3.25 bits per heavy atom. The minimum absolute atomic E-state index is 0.226. The Morgan fingerprint density at radius 1 is 1.58 bits per heavy atom. The fourth-order valence-corrected chi connectivity index (χ4v) is 1.03.